The molecule has 2 aromatic heterocycles. The molecule has 3 heterocycles. The summed E-state index contributed by atoms with van der Waals surface area (Å²) in [4.78, 5) is 31.1. The minimum atomic E-state index is -0.0547. The van der Waals surface area contributed by atoms with Crippen molar-refractivity contribution in [3.8, 4) is 0 Å². The van der Waals surface area contributed by atoms with Gasteiger partial charge in [-0.15, -0.1) is 0 Å². The van der Waals surface area contributed by atoms with Crippen molar-refractivity contribution in [2.45, 2.75) is 51.2 Å². The van der Waals surface area contributed by atoms with Crippen molar-refractivity contribution in [1.29, 1.82) is 0 Å². The third kappa shape index (κ3) is 3.16. The van der Waals surface area contributed by atoms with Gasteiger partial charge >= 0.3 is 0 Å². The fraction of sp³-hybridized carbons (Fsp3) is 0.556. The average Bonchev–Trinajstić information content (AvgIpc) is 3.21. The smallest absolute Gasteiger partial charge is 0.273 e. The highest BCUT2D eigenvalue weighted by Crippen LogP contribution is 2.21. The van der Waals surface area contributed by atoms with Crippen molar-refractivity contribution in [2.75, 3.05) is 6.54 Å². The molecule has 0 radical (unpaired) electrons. The summed E-state index contributed by atoms with van der Waals surface area (Å²) < 4.78 is 3.17. The van der Waals surface area contributed by atoms with Crippen molar-refractivity contribution < 1.29 is 0 Å². The van der Waals surface area contributed by atoms with Gasteiger partial charge in [-0.3, -0.25) is 19.5 Å². The Morgan fingerprint density at radius 1 is 1.24 bits per heavy atom. The van der Waals surface area contributed by atoms with Gasteiger partial charge < -0.3 is 4.57 Å². The number of hydrogen-bond acceptors (Lipinski definition) is 5. The van der Waals surface area contributed by atoms with E-state index in [1.54, 1.807) is 34.8 Å². The van der Waals surface area contributed by atoms with Crippen LogP contribution in [0.3, 0.4) is 0 Å². The van der Waals surface area contributed by atoms with E-state index in [0.717, 1.165) is 49.9 Å². The summed E-state index contributed by atoms with van der Waals surface area (Å²) in [5.74, 6) is 0. The molecule has 0 saturated carbocycles. The lowest BCUT2D eigenvalue weighted by molar-refractivity contribution is 0.213. The van der Waals surface area contributed by atoms with Gasteiger partial charge in [-0.2, -0.15) is 5.10 Å². The first-order valence-corrected chi connectivity index (χ1v) is 8.96. The molecular weight excluding hydrogens is 318 g/mol. The largest absolute Gasteiger partial charge is 0.315 e. The van der Waals surface area contributed by atoms with Gasteiger partial charge in [-0.1, -0.05) is 0 Å². The quantitative estimate of drug-likeness (QED) is 0.809. The molecule has 0 bridgehead atoms. The molecule has 2 aromatic rings. The highest BCUT2D eigenvalue weighted by Gasteiger charge is 2.27. The Hall–Kier alpha value is -2.28. The van der Waals surface area contributed by atoms with Gasteiger partial charge in [0.1, 0.15) is 5.69 Å². The molecule has 1 fully saturated rings. The van der Waals surface area contributed by atoms with E-state index >= 15 is 0 Å². The predicted octanol–water partition coefficient (Wildman–Crippen LogP) is 0.490. The molecule has 1 saturated heterocycles. The van der Waals surface area contributed by atoms with E-state index in [1.165, 1.54) is 0 Å². The van der Waals surface area contributed by atoms with E-state index in [0.29, 0.717) is 18.8 Å². The zero-order valence-corrected chi connectivity index (χ0v) is 14.5. The minimum absolute atomic E-state index is 0.0127. The Labute approximate surface area is 145 Å². The van der Waals surface area contributed by atoms with Crippen LogP contribution in [0.4, 0.5) is 0 Å². The van der Waals surface area contributed by atoms with Gasteiger partial charge in [0, 0.05) is 38.1 Å². The highest BCUT2D eigenvalue weighted by molar-refractivity contribution is 5.22. The summed E-state index contributed by atoms with van der Waals surface area (Å²) in [5.41, 5.74) is 2.68. The first-order chi connectivity index (χ1) is 12.1. The summed E-state index contributed by atoms with van der Waals surface area (Å²) in [5, 5.41) is 4.59. The number of hydrogen-bond donors (Lipinski definition) is 0. The van der Waals surface area contributed by atoms with Crippen LogP contribution < -0.4 is 11.1 Å². The Balaban J connectivity index is 1.53. The van der Waals surface area contributed by atoms with E-state index in [2.05, 4.69) is 15.0 Å². The predicted molar refractivity (Wildman–Crippen MR) is 93.4 cm³/mol. The summed E-state index contributed by atoms with van der Waals surface area (Å²) in [6.45, 7) is 2.03. The topological polar surface area (TPSA) is 73.0 Å². The second-order valence-corrected chi connectivity index (χ2v) is 7.05. The Kier molecular flexibility index (Phi) is 4.25. The zero-order valence-electron chi connectivity index (χ0n) is 14.5. The monoisotopic (exact) mass is 341 g/mol. The molecule has 0 spiro atoms. The molecule has 1 unspecified atom stereocenters. The van der Waals surface area contributed by atoms with Gasteiger partial charge in [0.05, 0.1) is 12.2 Å². The van der Waals surface area contributed by atoms with E-state index < -0.39 is 0 Å². The van der Waals surface area contributed by atoms with E-state index in [1.807, 2.05) is 0 Å². The van der Waals surface area contributed by atoms with Crippen LogP contribution in [0.25, 0.3) is 0 Å². The first kappa shape index (κ1) is 16.2. The fourth-order valence-electron chi connectivity index (χ4n) is 3.93. The number of aryl methyl sites for hydroxylation is 3. The van der Waals surface area contributed by atoms with Crippen molar-refractivity contribution in [3.63, 3.8) is 0 Å². The maximum atomic E-state index is 12.3. The molecule has 25 heavy (non-hydrogen) atoms. The molecule has 7 heteroatoms. The summed E-state index contributed by atoms with van der Waals surface area (Å²) in [6, 6.07) is 1.97. The minimum Gasteiger partial charge on any atom is -0.315 e. The molecule has 132 valence electrons. The molecule has 1 atom stereocenters. The van der Waals surface area contributed by atoms with Crippen molar-refractivity contribution in [1.82, 2.24) is 24.2 Å². The lowest BCUT2D eigenvalue weighted by Gasteiger charge is -2.24. The second kappa shape index (κ2) is 6.55. The Bertz CT molecular complexity index is 901. The Morgan fingerprint density at radius 2 is 2.12 bits per heavy atom. The molecule has 4 rings (SSSR count). The molecule has 7 nitrogen and oxygen atoms in total. The first-order valence-electron chi connectivity index (χ1n) is 8.96. The average molecular weight is 341 g/mol. The van der Waals surface area contributed by atoms with Gasteiger partial charge in [0.2, 0.25) is 0 Å². The molecule has 1 aliphatic carbocycles. The third-order valence-electron chi connectivity index (χ3n) is 5.35. The van der Waals surface area contributed by atoms with E-state index in [-0.39, 0.29) is 17.2 Å². The standard InChI is InChI=1S/C18H23N5O2/c1-21-9-7-19-16(18(21)25)12-22-8-3-5-14(22)11-23-17(24)10-13-4-2-6-15(13)20-23/h7,9-10,14H,2-6,8,11-12H2,1H3. The zero-order chi connectivity index (χ0) is 17.4. The van der Waals surface area contributed by atoms with Crippen LogP contribution in [-0.4, -0.2) is 36.8 Å². The van der Waals surface area contributed by atoms with Crippen molar-refractivity contribution >= 4 is 0 Å². The number of rotatable bonds is 4. The van der Waals surface area contributed by atoms with Gasteiger partial charge in [0.15, 0.2) is 0 Å². The van der Waals surface area contributed by atoms with Gasteiger partial charge in [0.25, 0.3) is 11.1 Å². The number of nitrogens with zero attached hydrogens (tertiary/aromatic N) is 5. The van der Waals surface area contributed by atoms with Crippen LogP contribution in [-0.2, 0) is 33.0 Å². The Morgan fingerprint density at radius 3 is 3.00 bits per heavy atom. The maximum absolute atomic E-state index is 12.3. The lowest BCUT2D eigenvalue weighted by Crippen LogP contribution is -2.38. The fourth-order valence-corrected chi connectivity index (χ4v) is 3.93. The molecule has 0 amide bonds. The summed E-state index contributed by atoms with van der Waals surface area (Å²) in [7, 11) is 1.74. The SMILES string of the molecule is Cn1ccnc(CN2CCCC2Cn2nc3c(cc2=O)CCC3)c1=O. The van der Waals surface area contributed by atoms with Crippen LogP contribution in [0.15, 0.2) is 28.0 Å². The molecule has 2 aliphatic rings. The number of fused-ring (bicyclic) bond motifs is 1. The number of aromatic nitrogens is 4. The second-order valence-electron chi connectivity index (χ2n) is 7.05. The van der Waals surface area contributed by atoms with Crippen LogP contribution in [0.2, 0.25) is 0 Å². The highest BCUT2D eigenvalue weighted by atomic mass is 16.1. The molecule has 0 aromatic carbocycles. The molecule has 0 N–H and O–H groups in total. The van der Waals surface area contributed by atoms with Crippen LogP contribution >= 0.6 is 0 Å². The third-order valence-corrected chi connectivity index (χ3v) is 5.35. The normalized spacial score (nSPS) is 20.1. The summed E-state index contributed by atoms with van der Waals surface area (Å²) >= 11 is 0. The van der Waals surface area contributed by atoms with E-state index in [4.69, 9.17) is 0 Å². The van der Waals surface area contributed by atoms with Gasteiger partial charge in [-0.25, -0.2) is 4.68 Å². The molecule has 1 aliphatic heterocycles. The maximum Gasteiger partial charge on any atom is 0.273 e. The van der Waals surface area contributed by atoms with Crippen molar-refractivity contribution in [2.24, 2.45) is 7.05 Å². The van der Waals surface area contributed by atoms with Gasteiger partial charge in [-0.05, 0) is 44.2 Å². The summed E-state index contributed by atoms with van der Waals surface area (Å²) in [6.07, 6.45) is 8.43. The van der Waals surface area contributed by atoms with Crippen molar-refractivity contribution in [3.05, 3.63) is 56.1 Å². The van der Waals surface area contributed by atoms with Crippen LogP contribution in [0, 0.1) is 0 Å². The number of likely N-dealkylation sites (tertiary alicyclic amines) is 1. The lowest BCUT2D eigenvalue weighted by atomic mass is 10.2. The molecular formula is C18H23N5O2. The van der Waals surface area contributed by atoms with Crippen LogP contribution in [0.5, 0.6) is 0 Å². The van der Waals surface area contributed by atoms with Crippen LogP contribution in [0.1, 0.15) is 36.2 Å². The van der Waals surface area contributed by atoms with E-state index in [9.17, 15) is 9.59 Å².